The number of carbonyl (C=O) groups excluding carboxylic acids is 1. The molecule has 126 valence electrons. The number of aryl methyl sites for hydroxylation is 1. The molecule has 5 nitrogen and oxygen atoms in total. The predicted molar refractivity (Wildman–Crippen MR) is 98.0 cm³/mol. The molecule has 3 aromatic rings. The van der Waals surface area contributed by atoms with Gasteiger partial charge in [-0.2, -0.15) is 0 Å². The second kappa shape index (κ2) is 6.18. The molecule has 2 heterocycles. The van der Waals surface area contributed by atoms with E-state index in [1.165, 1.54) is 5.56 Å². The summed E-state index contributed by atoms with van der Waals surface area (Å²) in [5, 5.41) is 7.27. The number of fused-ring (bicyclic) bond motifs is 2. The van der Waals surface area contributed by atoms with Gasteiger partial charge in [0.15, 0.2) is 0 Å². The maximum absolute atomic E-state index is 12.7. The Balaban J connectivity index is 1.69. The van der Waals surface area contributed by atoms with Crippen LogP contribution in [0.1, 0.15) is 27.0 Å². The van der Waals surface area contributed by atoms with Crippen molar-refractivity contribution in [3.8, 4) is 5.75 Å². The zero-order chi connectivity index (χ0) is 17.4. The molecule has 2 aromatic carbocycles. The fraction of sp³-hybridized carbons (Fsp3) is 0.200. The molecule has 0 radical (unpaired) electrons. The molecule has 1 aliphatic rings. The lowest BCUT2D eigenvalue weighted by Crippen LogP contribution is -2.15. The average molecular weight is 333 g/mol. The number of amides is 1. The quantitative estimate of drug-likeness (QED) is 0.771. The normalized spacial score (nSPS) is 12.9. The molecule has 1 amide bonds. The van der Waals surface area contributed by atoms with Crippen molar-refractivity contribution in [1.82, 2.24) is 10.3 Å². The Morgan fingerprint density at radius 3 is 2.92 bits per heavy atom. The third kappa shape index (κ3) is 2.83. The molecule has 0 fully saturated rings. The van der Waals surface area contributed by atoms with Crippen LogP contribution in [0, 0.1) is 6.92 Å². The first-order chi connectivity index (χ1) is 12.2. The molecular weight excluding hydrogens is 314 g/mol. The van der Waals surface area contributed by atoms with E-state index in [0.717, 1.165) is 40.9 Å². The van der Waals surface area contributed by atoms with E-state index in [-0.39, 0.29) is 5.91 Å². The molecule has 1 aromatic heterocycles. The molecule has 5 heteroatoms. The summed E-state index contributed by atoms with van der Waals surface area (Å²) in [5.41, 5.74) is 4.81. The van der Waals surface area contributed by atoms with Gasteiger partial charge in [0.2, 0.25) is 0 Å². The van der Waals surface area contributed by atoms with Crippen molar-refractivity contribution in [3.63, 3.8) is 0 Å². The Bertz CT molecular complexity index is 982. The topological polar surface area (TPSA) is 63.2 Å². The van der Waals surface area contributed by atoms with Crippen LogP contribution in [0.4, 0.5) is 5.82 Å². The predicted octanol–water partition coefficient (Wildman–Crippen LogP) is 3.41. The third-order valence-electron chi connectivity index (χ3n) is 4.60. The minimum absolute atomic E-state index is 0.130. The molecule has 0 unspecified atom stereocenters. The summed E-state index contributed by atoms with van der Waals surface area (Å²) < 4.78 is 5.27. The fourth-order valence-electron chi connectivity index (χ4n) is 3.30. The second-order valence-electron chi connectivity index (χ2n) is 6.21. The van der Waals surface area contributed by atoms with Crippen LogP contribution >= 0.6 is 0 Å². The zero-order valence-corrected chi connectivity index (χ0v) is 14.2. The van der Waals surface area contributed by atoms with Gasteiger partial charge in [0.05, 0.1) is 12.6 Å². The van der Waals surface area contributed by atoms with Gasteiger partial charge in [0.25, 0.3) is 5.91 Å². The van der Waals surface area contributed by atoms with Crippen LogP contribution in [-0.2, 0) is 13.1 Å². The number of aromatic nitrogens is 1. The number of ether oxygens (including phenoxy) is 1. The minimum atomic E-state index is -0.130. The largest absolute Gasteiger partial charge is 0.497 e. The van der Waals surface area contributed by atoms with Gasteiger partial charge < -0.3 is 15.4 Å². The van der Waals surface area contributed by atoms with Crippen molar-refractivity contribution >= 4 is 22.6 Å². The summed E-state index contributed by atoms with van der Waals surface area (Å²) in [6.45, 7) is 3.54. The van der Waals surface area contributed by atoms with Gasteiger partial charge in [-0.25, -0.2) is 4.98 Å². The van der Waals surface area contributed by atoms with E-state index in [0.29, 0.717) is 11.4 Å². The maximum Gasteiger partial charge on any atom is 0.257 e. The van der Waals surface area contributed by atoms with Crippen molar-refractivity contribution in [3.05, 3.63) is 64.7 Å². The lowest BCUT2D eigenvalue weighted by atomic mass is 10.0. The lowest BCUT2D eigenvalue weighted by molar-refractivity contribution is 0.102. The Hall–Kier alpha value is -2.92. The number of pyridine rings is 1. The smallest absolute Gasteiger partial charge is 0.257 e. The summed E-state index contributed by atoms with van der Waals surface area (Å²) in [5.74, 6) is 1.16. The monoisotopic (exact) mass is 333 g/mol. The van der Waals surface area contributed by atoms with Gasteiger partial charge in [0.1, 0.15) is 11.6 Å². The molecule has 0 aliphatic carbocycles. The Morgan fingerprint density at radius 2 is 2.08 bits per heavy atom. The molecule has 25 heavy (non-hydrogen) atoms. The standard InChI is InChI=1S/C20H19N3O2/c1-12-8-19(22-18-9-14(25-2)6-7-15(12)18)23-20(24)16-5-3-4-13-10-21-11-17(13)16/h3-9,21H,10-11H2,1-2H3,(H,22,23,24). The number of nitrogens with zero attached hydrogens (tertiary/aromatic N) is 1. The van der Waals surface area contributed by atoms with Crippen LogP contribution in [0.25, 0.3) is 10.9 Å². The molecule has 0 saturated heterocycles. The van der Waals surface area contributed by atoms with Gasteiger partial charge in [-0.05, 0) is 47.9 Å². The molecule has 2 N–H and O–H groups in total. The number of rotatable bonds is 3. The van der Waals surface area contributed by atoms with Crippen molar-refractivity contribution in [2.45, 2.75) is 20.0 Å². The van der Waals surface area contributed by atoms with Crippen LogP contribution in [0.2, 0.25) is 0 Å². The summed E-state index contributed by atoms with van der Waals surface area (Å²) in [4.78, 5) is 17.3. The number of anilines is 1. The molecule has 0 saturated carbocycles. The Kier molecular flexibility index (Phi) is 3.86. The minimum Gasteiger partial charge on any atom is -0.497 e. The van der Waals surface area contributed by atoms with Crippen LogP contribution < -0.4 is 15.4 Å². The first-order valence-electron chi connectivity index (χ1n) is 8.24. The van der Waals surface area contributed by atoms with Crippen molar-refractivity contribution < 1.29 is 9.53 Å². The van der Waals surface area contributed by atoms with E-state index >= 15 is 0 Å². The van der Waals surface area contributed by atoms with E-state index in [2.05, 4.69) is 21.7 Å². The molecule has 0 bridgehead atoms. The first kappa shape index (κ1) is 15.6. The highest BCUT2D eigenvalue weighted by Crippen LogP contribution is 2.25. The Morgan fingerprint density at radius 1 is 1.20 bits per heavy atom. The van der Waals surface area contributed by atoms with Crippen molar-refractivity contribution in [1.29, 1.82) is 0 Å². The second-order valence-corrected chi connectivity index (χ2v) is 6.21. The zero-order valence-electron chi connectivity index (χ0n) is 14.2. The van der Waals surface area contributed by atoms with Crippen LogP contribution in [0.5, 0.6) is 5.75 Å². The fourth-order valence-corrected chi connectivity index (χ4v) is 3.30. The van der Waals surface area contributed by atoms with Gasteiger partial charge in [-0.15, -0.1) is 0 Å². The van der Waals surface area contributed by atoms with E-state index in [4.69, 9.17) is 4.74 Å². The van der Waals surface area contributed by atoms with Crippen molar-refractivity contribution in [2.24, 2.45) is 0 Å². The van der Waals surface area contributed by atoms with Crippen LogP contribution in [0.3, 0.4) is 0 Å². The maximum atomic E-state index is 12.7. The van der Waals surface area contributed by atoms with Crippen LogP contribution in [0.15, 0.2) is 42.5 Å². The highest BCUT2D eigenvalue weighted by molar-refractivity contribution is 6.05. The first-order valence-corrected chi connectivity index (χ1v) is 8.24. The summed E-state index contributed by atoms with van der Waals surface area (Å²) in [6.07, 6.45) is 0. The molecular formula is C20H19N3O2. The molecule has 1 aliphatic heterocycles. The highest BCUT2D eigenvalue weighted by Gasteiger charge is 2.19. The molecule has 4 rings (SSSR count). The van der Waals surface area contributed by atoms with Gasteiger partial charge in [-0.1, -0.05) is 12.1 Å². The number of methoxy groups -OCH3 is 1. The van der Waals surface area contributed by atoms with E-state index in [1.807, 2.05) is 43.3 Å². The van der Waals surface area contributed by atoms with Gasteiger partial charge >= 0.3 is 0 Å². The van der Waals surface area contributed by atoms with Gasteiger partial charge in [-0.3, -0.25) is 4.79 Å². The number of nitrogens with one attached hydrogen (secondary N) is 2. The van der Waals surface area contributed by atoms with E-state index in [9.17, 15) is 4.79 Å². The molecule has 0 atom stereocenters. The summed E-state index contributed by atoms with van der Waals surface area (Å²) >= 11 is 0. The van der Waals surface area contributed by atoms with Crippen molar-refractivity contribution in [2.75, 3.05) is 12.4 Å². The van der Waals surface area contributed by atoms with Gasteiger partial charge in [0, 0.05) is 30.1 Å². The number of carbonyl (C=O) groups is 1. The SMILES string of the molecule is COc1ccc2c(C)cc(NC(=O)c3cccc4c3CNC4)nc2c1. The summed E-state index contributed by atoms with van der Waals surface area (Å²) in [6, 6.07) is 13.5. The van der Waals surface area contributed by atoms with E-state index < -0.39 is 0 Å². The third-order valence-corrected chi connectivity index (χ3v) is 4.60. The number of hydrogen-bond donors (Lipinski definition) is 2. The number of hydrogen-bond acceptors (Lipinski definition) is 4. The molecule has 0 spiro atoms. The highest BCUT2D eigenvalue weighted by atomic mass is 16.5. The van der Waals surface area contributed by atoms with E-state index in [1.54, 1.807) is 7.11 Å². The Labute approximate surface area is 146 Å². The number of benzene rings is 2. The average Bonchev–Trinajstić information content (AvgIpc) is 3.09. The lowest BCUT2D eigenvalue weighted by Gasteiger charge is -2.11. The summed E-state index contributed by atoms with van der Waals surface area (Å²) in [7, 11) is 1.63. The van der Waals surface area contributed by atoms with Crippen LogP contribution in [-0.4, -0.2) is 18.0 Å².